The van der Waals surface area contributed by atoms with Crippen LogP contribution >= 0.6 is 0 Å². The van der Waals surface area contributed by atoms with Gasteiger partial charge in [0.05, 0.1) is 29.9 Å². The Morgan fingerprint density at radius 3 is 2.71 bits per heavy atom. The molecule has 1 aromatic carbocycles. The molecule has 0 atom stereocenters. The normalized spacial score (nSPS) is 11.1. The van der Waals surface area contributed by atoms with E-state index < -0.39 is 4.92 Å². The quantitative estimate of drug-likeness (QED) is 0.605. The summed E-state index contributed by atoms with van der Waals surface area (Å²) in [5.41, 5.74) is 1.08. The summed E-state index contributed by atoms with van der Waals surface area (Å²) in [6, 6.07) is 3.33. The molecule has 0 unspecified atom stereocenters. The number of ether oxygens (including phenoxy) is 1. The third-order valence-electron chi connectivity index (χ3n) is 2.62. The largest absolute Gasteiger partial charge is 0.496 e. The molecule has 90 valence electrons. The molecule has 0 radical (unpaired) electrons. The van der Waals surface area contributed by atoms with Crippen molar-refractivity contribution in [1.82, 2.24) is 9.55 Å². The Morgan fingerprint density at radius 2 is 2.18 bits per heavy atom. The summed E-state index contributed by atoms with van der Waals surface area (Å²) < 4.78 is 6.95. The highest BCUT2D eigenvalue weighted by Crippen LogP contribution is 2.31. The Kier molecular flexibility index (Phi) is 2.71. The molecule has 1 heterocycles. The van der Waals surface area contributed by atoms with Crippen molar-refractivity contribution in [1.29, 1.82) is 0 Å². The van der Waals surface area contributed by atoms with E-state index in [-0.39, 0.29) is 11.7 Å². The third-order valence-corrected chi connectivity index (χ3v) is 2.62. The lowest BCUT2D eigenvalue weighted by atomic mass is 10.2. The van der Waals surface area contributed by atoms with Crippen LogP contribution in [-0.2, 0) is 0 Å². The van der Waals surface area contributed by atoms with Crippen LogP contribution in [0, 0.1) is 10.1 Å². The van der Waals surface area contributed by atoms with Crippen LogP contribution in [0.2, 0.25) is 0 Å². The maximum atomic E-state index is 11.0. The van der Waals surface area contributed by atoms with Gasteiger partial charge in [-0.15, -0.1) is 0 Å². The van der Waals surface area contributed by atoms with Gasteiger partial charge in [-0.25, -0.2) is 4.98 Å². The average Bonchev–Trinajstić information content (AvgIpc) is 2.70. The van der Waals surface area contributed by atoms with Gasteiger partial charge in [0, 0.05) is 12.1 Å². The summed E-state index contributed by atoms with van der Waals surface area (Å²) >= 11 is 0. The Labute approximate surface area is 98.0 Å². The van der Waals surface area contributed by atoms with Gasteiger partial charge in [-0.3, -0.25) is 10.1 Å². The van der Waals surface area contributed by atoms with E-state index in [1.54, 1.807) is 12.4 Å². The minimum Gasteiger partial charge on any atom is -0.496 e. The van der Waals surface area contributed by atoms with E-state index in [9.17, 15) is 10.1 Å². The summed E-state index contributed by atoms with van der Waals surface area (Å²) in [4.78, 5) is 14.6. The molecule has 0 fully saturated rings. The number of nitro groups is 1. The minimum absolute atomic E-state index is 0.0289. The number of hydrogen-bond donors (Lipinski definition) is 0. The van der Waals surface area contributed by atoms with Crippen molar-refractivity contribution in [2.45, 2.75) is 19.9 Å². The third kappa shape index (κ3) is 1.82. The number of imidazole rings is 1. The zero-order chi connectivity index (χ0) is 12.6. The zero-order valence-electron chi connectivity index (χ0n) is 9.88. The molecule has 0 amide bonds. The summed E-state index contributed by atoms with van der Waals surface area (Å²) in [6.07, 6.45) is 1.61. The summed E-state index contributed by atoms with van der Waals surface area (Å²) in [7, 11) is 1.49. The van der Waals surface area contributed by atoms with Crippen molar-refractivity contribution in [2.75, 3.05) is 7.11 Å². The molecule has 1 aromatic heterocycles. The highest BCUT2D eigenvalue weighted by Gasteiger charge is 2.19. The Hall–Kier alpha value is -2.11. The molecule has 6 nitrogen and oxygen atoms in total. The molecule has 0 aliphatic heterocycles. The van der Waals surface area contributed by atoms with E-state index in [1.807, 2.05) is 18.4 Å². The zero-order valence-corrected chi connectivity index (χ0v) is 9.88. The molecule has 0 spiro atoms. The van der Waals surface area contributed by atoms with Crippen LogP contribution in [0.1, 0.15) is 19.9 Å². The Bertz CT molecular complexity index is 575. The second-order valence-electron chi connectivity index (χ2n) is 4.02. The highest BCUT2D eigenvalue weighted by atomic mass is 16.6. The van der Waals surface area contributed by atoms with Gasteiger partial charge in [0.15, 0.2) is 5.52 Å². The topological polar surface area (TPSA) is 70.2 Å². The lowest BCUT2D eigenvalue weighted by Crippen LogP contribution is -1.99. The number of benzene rings is 1. The van der Waals surface area contributed by atoms with Gasteiger partial charge < -0.3 is 9.30 Å². The second kappa shape index (κ2) is 4.04. The van der Waals surface area contributed by atoms with Crippen molar-refractivity contribution in [3.8, 4) is 5.75 Å². The molecule has 0 saturated heterocycles. The van der Waals surface area contributed by atoms with Gasteiger partial charge in [0.25, 0.3) is 0 Å². The summed E-state index contributed by atoms with van der Waals surface area (Å²) in [6.45, 7) is 3.98. The van der Waals surface area contributed by atoms with E-state index in [0.717, 1.165) is 0 Å². The number of nitro benzene ring substituents is 1. The lowest BCUT2D eigenvalue weighted by molar-refractivity contribution is -0.383. The highest BCUT2D eigenvalue weighted by molar-refractivity contribution is 5.86. The molecule has 0 aliphatic carbocycles. The van der Waals surface area contributed by atoms with E-state index in [1.165, 1.54) is 13.2 Å². The molecule has 6 heteroatoms. The van der Waals surface area contributed by atoms with Gasteiger partial charge in [-0.1, -0.05) is 0 Å². The Morgan fingerprint density at radius 1 is 1.47 bits per heavy atom. The van der Waals surface area contributed by atoms with E-state index in [2.05, 4.69) is 4.98 Å². The van der Waals surface area contributed by atoms with Gasteiger partial charge in [-0.2, -0.15) is 0 Å². The van der Waals surface area contributed by atoms with Crippen molar-refractivity contribution >= 4 is 16.7 Å². The number of aromatic nitrogens is 2. The number of fused-ring (bicyclic) bond motifs is 1. The predicted molar refractivity (Wildman–Crippen MR) is 63.3 cm³/mol. The first-order valence-electron chi connectivity index (χ1n) is 5.23. The molecule has 0 N–H and O–H groups in total. The molecular weight excluding hydrogens is 222 g/mol. The summed E-state index contributed by atoms with van der Waals surface area (Å²) in [5, 5.41) is 11.0. The van der Waals surface area contributed by atoms with Crippen LogP contribution in [0.25, 0.3) is 11.0 Å². The van der Waals surface area contributed by atoms with Crippen LogP contribution < -0.4 is 4.74 Å². The van der Waals surface area contributed by atoms with Crippen molar-refractivity contribution in [3.05, 3.63) is 28.6 Å². The molecular formula is C11H13N3O3. The fourth-order valence-electron chi connectivity index (χ4n) is 1.76. The van der Waals surface area contributed by atoms with Crippen molar-refractivity contribution in [3.63, 3.8) is 0 Å². The first-order chi connectivity index (χ1) is 8.04. The van der Waals surface area contributed by atoms with E-state index in [4.69, 9.17) is 4.74 Å². The van der Waals surface area contributed by atoms with Gasteiger partial charge in [0.2, 0.25) is 0 Å². The van der Waals surface area contributed by atoms with Crippen LogP contribution in [0.4, 0.5) is 5.69 Å². The number of hydrogen-bond acceptors (Lipinski definition) is 4. The van der Waals surface area contributed by atoms with Crippen LogP contribution in [0.3, 0.4) is 0 Å². The van der Waals surface area contributed by atoms with E-state index >= 15 is 0 Å². The van der Waals surface area contributed by atoms with Gasteiger partial charge in [0.1, 0.15) is 5.75 Å². The molecule has 0 saturated carbocycles. The monoisotopic (exact) mass is 235 g/mol. The first-order valence-corrected chi connectivity index (χ1v) is 5.23. The Balaban J connectivity index is 2.78. The number of methoxy groups -OCH3 is 1. The number of rotatable bonds is 3. The maximum Gasteiger partial charge on any atom is 0.300 e. The summed E-state index contributed by atoms with van der Waals surface area (Å²) in [5.74, 6) is 0.464. The van der Waals surface area contributed by atoms with Crippen LogP contribution in [0.5, 0.6) is 5.75 Å². The van der Waals surface area contributed by atoms with E-state index in [0.29, 0.717) is 16.8 Å². The standard InChI is InChI=1S/C11H13N3O3/c1-7(2)13-6-12-11-9(13)4-8(17-3)5-10(11)14(15)16/h4-7H,1-3H3. The van der Waals surface area contributed by atoms with Gasteiger partial charge in [-0.05, 0) is 13.8 Å². The van der Waals surface area contributed by atoms with Crippen molar-refractivity contribution in [2.24, 2.45) is 0 Å². The van der Waals surface area contributed by atoms with Crippen LogP contribution in [0.15, 0.2) is 18.5 Å². The molecule has 0 aliphatic rings. The number of nitrogens with zero attached hydrogens (tertiary/aromatic N) is 3. The lowest BCUT2D eigenvalue weighted by Gasteiger charge is -2.08. The fourth-order valence-corrected chi connectivity index (χ4v) is 1.76. The first kappa shape index (κ1) is 11.4. The number of non-ortho nitro benzene ring substituents is 1. The van der Waals surface area contributed by atoms with Crippen LogP contribution in [-0.4, -0.2) is 21.6 Å². The van der Waals surface area contributed by atoms with Gasteiger partial charge >= 0.3 is 5.69 Å². The minimum atomic E-state index is -0.442. The molecule has 0 bridgehead atoms. The van der Waals surface area contributed by atoms with Crippen molar-refractivity contribution < 1.29 is 9.66 Å². The second-order valence-corrected chi connectivity index (χ2v) is 4.02. The maximum absolute atomic E-state index is 11.0. The fraction of sp³-hybridized carbons (Fsp3) is 0.364. The smallest absolute Gasteiger partial charge is 0.300 e. The molecule has 2 aromatic rings. The molecule has 17 heavy (non-hydrogen) atoms. The average molecular weight is 235 g/mol. The predicted octanol–water partition coefficient (Wildman–Crippen LogP) is 2.53. The SMILES string of the molecule is COc1cc([N+](=O)[O-])c2ncn(C(C)C)c2c1. The molecule has 2 rings (SSSR count).